The molecule has 0 aliphatic carbocycles. The van der Waals surface area contributed by atoms with Crippen LogP contribution in [0.1, 0.15) is 5.56 Å². The third kappa shape index (κ3) is 3.45. The number of benzene rings is 2. The molecule has 108 valence electrons. The minimum absolute atomic E-state index is 0.0469. The molecule has 0 aliphatic heterocycles. The number of methoxy groups -OCH3 is 1. The van der Waals surface area contributed by atoms with Crippen molar-refractivity contribution in [1.29, 1.82) is 5.26 Å². The number of nitrogens with zero attached hydrogens (tertiary/aromatic N) is 1. The Morgan fingerprint density at radius 2 is 1.86 bits per heavy atom. The van der Waals surface area contributed by atoms with E-state index in [4.69, 9.17) is 21.6 Å². The number of halogens is 1. The zero-order valence-electron chi connectivity index (χ0n) is 11.0. The standard InChI is InChI=1S/C14H11ClN2O3S/c1-20-12-6-7-14(13(15)8-12)21(18,19)17-11-4-2-10(9-16)3-5-11/h2-8,17H,1H3. The van der Waals surface area contributed by atoms with Crippen molar-refractivity contribution in [3.05, 3.63) is 53.1 Å². The summed E-state index contributed by atoms with van der Waals surface area (Å²) in [7, 11) is -2.34. The Kier molecular flexibility index (Phi) is 4.36. The van der Waals surface area contributed by atoms with Gasteiger partial charge in [-0.3, -0.25) is 4.72 Å². The second kappa shape index (κ2) is 6.04. The van der Waals surface area contributed by atoms with Gasteiger partial charge in [-0.15, -0.1) is 0 Å². The largest absolute Gasteiger partial charge is 0.497 e. The lowest BCUT2D eigenvalue weighted by Gasteiger charge is -2.10. The second-order valence-corrected chi connectivity index (χ2v) is 6.15. The molecule has 0 radical (unpaired) electrons. The topological polar surface area (TPSA) is 79.2 Å². The fourth-order valence-corrected chi connectivity index (χ4v) is 3.24. The third-order valence-electron chi connectivity index (χ3n) is 2.69. The molecular formula is C14H11ClN2O3S. The van der Waals surface area contributed by atoms with E-state index in [0.717, 1.165) is 0 Å². The molecule has 0 unspecified atom stereocenters. The van der Waals surface area contributed by atoms with Crippen LogP contribution in [0, 0.1) is 11.3 Å². The van der Waals surface area contributed by atoms with Crippen LogP contribution in [-0.4, -0.2) is 15.5 Å². The monoisotopic (exact) mass is 322 g/mol. The zero-order valence-corrected chi connectivity index (χ0v) is 12.6. The van der Waals surface area contributed by atoms with Crippen LogP contribution in [0.25, 0.3) is 0 Å². The Morgan fingerprint density at radius 3 is 2.38 bits per heavy atom. The summed E-state index contributed by atoms with van der Waals surface area (Å²) in [5.74, 6) is 0.470. The van der Waals surface area contributed by atoms with Gasteiger partial charge >= 0.3 is 0 Å². The van der Waals surface area contributed by atoms with Crippen LogP contribution in [0.5, 0.6) is 5.75 Å². The molecule has 2 rings (SSSR count). The fraction of sp³-hybridized carbons (Fsp3) is 0.0714. The van der Waals surface area contributed by atoms with E-state index in [1.807, 2.05) is 6.07 Å². The summed E-state index contributed by atoms with van der Waals surface area (Å²) in [5, 5.41) is 8.77. The molecule has 0 aliphatic rings. The molecule has 2 aromatic rings. The van der Waals surface area contributed by atoms with E-state index in [0.29, 0.717) is 17.0 Å². The summed E-state index contributed by atoms with van der Waals surface area (Å²) < 4.78 is 31.9. The van der Waals surface area contributed by atoms with E-state index in [1.165, 1.54) is 49.6 Å². The van der Waals surface area contributed by atoms with Crippen molar-refractivity contribution in [3.8, 4) is 11.8 Å². The lowest BCUT2D eigenvalue weighted by Crippen LogP contribution is -2.13. The van der Waals surface area contributed by atoms with Crippen LogP contribution in [-0.2, 0) is 10.0 Å². The van der Waals surface area contributed by atoms with Crippen molar-refractivity contribution in [2.24, 2.45) is 0 Å². The molecule has 0 spiro atoms. The SMILES string of the molecule is COc1ccc(S(=O)(=O)Nc2ccc(C#N)cc2)c(Cl)c1. The van der Waals surface area contributed by atoms with E-state index < -0.39 is 10.0 Å². The number of nitrogens with one attached hydrogen (secondary N) is 1. The number of sulfonamides is 1. The lowest BCUT2D eigenvalue weighted by atomic mass is 10.2. The Bertz CT molecular complexity index is 796. The van der Waals surface area contributed by atoms with Crippen molar-refractivity contribution in [3.63, 3.8) is 0 Å². The van der Waals surface area contributed by atoms with Crippen LogP contribution < -0.4 is 9.46 Å². The molecule has 0 atom stereocenters. The average molecular weight is 323 g/mol. The molecule has 0 saturated heterocycles. The average Bonchev–Trinajstić information content (AvgIpc) is 2.47. The number of nitriles is 1. The molecule has 0 heterocycles. The molecule has 1 N–H and O–H groups in total. The van der Waals surface area contributed by atoms with Crippen molar-refractivity contribution < 1.29 is 13.2 Å². The van der Waals surface area contributed by atoms with Gasteiger partial charge in [-0.2, -0.15) is 5.26 Å². The number of hydrogen-bond acceptors (Lipinski definition) is 4. The van der Waals surface area contributed by atoms with Crippen molar-refractivity contribution in [2.45, 2.75) is 4.90 Å². The molecule has 0 aromatic heterocycles. The predicted octanol–water partition coefficient (Wildman–Crippen LogP) is 3.02. The number of ether oxygens (including phenoxy) is 1. The van der Waals surface area contributed by atoms with Gasteiger partial charge < -0.3 is 4.74 Å². The normalized spacial score (nSPS) is 10.7. The minimum atomic E-state index is -3.81. The number of rotatable bonds is 4. The first-order valence-electron chi connectivity index (χ1n) is 5.83. The highest BCUT2D eigenvalue weighted by atomic mass is 35.5. The number of hydrogen-bond donors (Lipinski definition) is 1. The maximum atomic E-state index is 12.3. The first kappa shape index (κ1) is 15.2. The summed E-state index contributed by atoms with van der Waals surface area (Å²) in [6.45, 7) is 0. The molecule has 5 nitrogen and oxygen atoms in total. The van der Waals surface area contributed by atoms with Gasteiger partial charge in [-0.05, 0) is 36.4 Å². The van der Waals surface area contributed by atoms with Gasteiger partial charge in [0.05, 0.1) is 23.8 Å². The minimum Gasteiger partial charge on any atom is -0.497 e. The summed E-state index contributed by atoms with van der Waals surface area (Å²) in [6.07, 6.45) is 0. The highest BCUT2D eigenvalue weighted by Crippen LogP contribution is 2.27. The van der Waals surface area contributed by atoms with Gasteiger partial charge in [0, 0.05) is 11.8 Å². The van der Waals surface area contributed by atoms with Gasteiger partial charge in [0.25, 0.3) is 10.0 Å². The molecule has 0 saturated carbocycles. The van der Waals surface area contributed by atoms with Gasteiger partial charge in [0.2, 0.25) is 0 Å². The Labute approximate surface area is 127 Å². The third-order valence-corrected chi connectivity index (χ3v) is 4.56. The zero-order chi connectivity index (χ0) is 15.5. The maximum absolute atomic E-state index is 12.3. The predicted molar refractivity (Wildman–Crippen MR) is 80.0 cm³/mol. The summed E-state index contributed by atoms with van der Waals surface area (Å²) in [4.78, 5) is -0.0469. The van der Waals surface area contributed by atoms with Crippen molar-refractivity contribution >= 4 is 27.3 Å². The van der Waals surface area contributed by atoms with E-state index in [9.17, 15) is 8.42 Å². The first-order valence-corrected chi connectivity index (χ1v) is 7.69. The summed E-state index contributed by atoms with van der Waals surface area (Å²) >= 11 is 5.96. The summed E-state index contributed by atoms with van der Waals surface area (Å²) in [6, 6.07) is 12.3. The van der Waals surface area contributed by atoms with Crippen molar-refractivity contribution in [2.75, 3.05) is 11.8 Å². The summed E-state index contributed by atoms with van der Waals surface area (Å²) in [5.41, 5.74) is 0.793. The Morgan fingerprint density at radius 1 is 1.19 bits per heavy atom. The quantitative estimate of drug-likeness (QED) is 0.938. The van der Waals surface area contributed by atoms with Gasteiger partial charge in [0.15, 0.2) is 0 Å². The Balaban J connectivity index is 2.31. The second-order valence-electron chi connectivity index (χ2n) is 4.09. The molecule has 21 heavy (non-hydrogen) atoms. The highest BCUT2D eigenvalue weighted by molar-refractivity contribution is 7.92. The van der Waals surface area contributed by atoms with Gasteiger partial charge in [0.1, 0.15) is 10.6 Å². The van der Waals surface area contributed by atoms with E-state index in [2.05, 4.69) is 4.72 Å². The molecule has 0 amide bonds. The first-order chi connectivity index (χ1) is 9.96. The van der Waals surface area contributed by atoms with E-state index >= 15 is 0 Å². The van der Waals surface area contributed by atoms with Crippen LogP contribution in [0.3, 0.4) is 0 Å². The maximum Gasteiger partial charge on any atom is 0.263 e. The van der Waals surface area contributed by atoms with Gasteiger partial charge in [-0.25, -0.2) is 8.42 Å². The molecule has 7 heteroatoms. The smallest absolute Gasteiger partial charge is 0.263 e. The Hall–Kier alpha value is -2.23. The molecule has 2 aromatic carbocycles. The molecular weight excluding hydrogens is 312 g/mol. The highest BCUT2D eigenvalue weighted by Gasteiger charge is 2.18. The van der Waals surface area contributed by atoms with Crippen LogP contribution >= 0.6 is 11.6 Å². The molecule has 0 bridgehead atoms. The van der Waals surface area contributed by atoms with Crippen LogP contribution in [0.15, 0.2) is 47.4 Å². The van der Waals surface area contributed by atoms with E-state index in [1.54, 1.807) is 0 Å². The lowest BCUT2D eigenvalue weighted by molar-refractivity contribution is 0.414. The van der Waals surface area contributed by atoms with Gasteiger partial charge in [-0.1, -0.05) is 11.6 Å². The van der Waals surface area contributed by atoms with E-state index in [-0.39, 0.29) is 9.92 Å². The fourth-order valence-electron chi connectivity index (χ4n) is 1.65. The van der Waals surface area contributed by atoms with Crippen LogP contribution in [0.4, 0.5) is 5.69 Å². The van der Waals surface area contributed by atoms with Crippen LogP contribution in [0.2, 0.25) is 5.02 Å². The molecule has 0 fully saturated rings. The van der Waals surface area contributed by atoms with Crippen molar-refractivity contribution in [1.82, 2.24) is 0 Å². The number of anilines is 1.